The van der Waals surface area contributed by atoms with Gasteiger partial charge in [0.2, 0.25) is 5.91 Å². The van der Waals surface area contributed by atoms with Crippen molar-refractivity contribution in [1.82, 2.24) is 15.6 Å². The van der Waals surface area contributed by atoms with Crippen LogP contribution in [0.1, 0.15) is 30.3 Å². The second-order valence-corrected chi connectivity index (χ2v) is 5.82. The van der Waals surface area contributed by atoms with E-state index < -0.39 is 0 Å². The van der Waals surface area contributed by atoms with Crippen LogP contribution in [0.5, 0.6) is 0 Å². The summed E-state index contributed by atoms with van der Waals surface area (Å²) in [7, 11) is 0. The predicted octanol–water partition coefficient (Wildman–Crippen LogP) is 1.46. The Kier molecular flexibility index (Phi) is 3.79. The molecule has 0 spiro atoms. The van der Waals surface area contributed by atoms with Crippen molar-refractivity contribution < 1.29 is 4.79 Å². The van der Waals surface area contributed by atoms with Crippen LogP contribution in [0.2, 0.25) is 0 Å². The molecule has 0 aromatic carbocycles. The second kappa shape index (κ2) is 5.14. The highest BCUT2D eigenvalue weighted by molar-refractivity contribution is 7.09. The number of nitrogens with zero attached hydrogens (tertiary/aromatic N) is 1. The van der Waals surface area contributed by atoms with Gasteiger partial charge in [0.05, 0.1) is 23.2 Å². The van der Waals surface area contributed by atoms with Gasteiger partial charge in [0.1, 0.15) is 0 Å². The minimum absolute atomic E-state index is 0.150. The number of carbonyl (C=O) groups is 1. The Morgan fingerprint density at radius 1 is 1.71 bits per heavy atom. The van der Waals surface area contributed by atoms with Gasteiger partial charge in [-0.05, 0) is 33.2 Å². The maximum Gasteiger partial charge on any atom is 0.227 e. The highest BCUT2D eigenvalue weighted by Gasteiger charge is 2.34. The zero-order valence-corrected chi connectivity index (χ0v) is 11.2. The van der Waals surface area contributed by atoms with E-state index >= 15 is 0 Å². The van der Waals surface area contributed by atoms with Crippen LogP contribution in [-0.2, 0) is 11.3 Å². The van der Waals surface area contributed by atoms with E-state index in [4.69, 9.17) is 0 Å². The standard InChI is InChI=1S/C12H19N3OS/c1-9-10(17-8-15-9)6-14-11(16)12(2)4-3-5-13-7-12/h8,13H,3-7H2,1-2H3,(H,14,16). The Hall–Kier alpha value is -0.940. The van der Waals surface area contributed by atoms with Crippen LogP contribution in [0.4, 0.5) is 0 Å². The van der Waals surface area contributed by atoms with E-state index in [9.17, 15) is 4.79 Å². The van der Waals surface area contributed by atoms with Crippen LogP contribution in [0, 0.1) is 12.3 Å². The molecule has 1 amide bonds. The van der Waals surface area contributed by atoms with E-state index in [1.165, 1.54) is 0 Å². The van der Waals surface area contributed by atoms with Crippen LogP contribution < -0.4 is 10.6 Å². The van der Waals surface area contributed by atoms with Crippen LogP contribution in [-0.4, -0.2) is 24.0 Å². The molecular weight excluding hydrogens is 234 g/mol. The van der Waals surface area contributed by atoms with Gasteiger partial charge in [0.15, 0.2) is 0 Å². The zero-order chi connectivity index (χ0) is 12.3. The summed E-state index contributed by atoms with van der Waals surface area (Å²) < 4.78 is 0. The van der Waals surface area contributed by atoms with Crippen LogP contribution in [0.25, 0.3) is 0 Å². The second-order valence-electron chi connectivity index (χ2n) is 4.88. The van der Waals surface area contributed by atoms with E-state index in [-0.39, 0.29) is 11.3 Å². The highest BCUT2D eigenvalue weighted by Crippen LogP contribution is 2.25. The first kappa shape index (κ1) is 12.5. The van der Waals surface area contributed by atoms with E-state index in [1.807, 2.05) is 19.4 Å². The molecule has 1 atom stereocenters. The summed E-state index contributed by atoms with van der Waals surface area (Å²) in [6.45, 7) is 6.41. The molecule has 1 saturated heterocycles. The fourth-order valence-electron chi connectivity index (χ4n) is 2.12. The lowest BCUT2D eigenvalue weighted by Gasteiger charge is -2.32. The topological polar surface area (TPSA) is 54.0 Å². The molecule has 94 valence electrons. The van der Waals surface area contributed by atoms with Gasteiger partial charge in [0.25, 0.3) is 0 Å². The summed E-state index contributed by atoms with van der Waals surface area (Å²) >= 11 is 1.60. The minimum Gasteiger partial charge on any atom is -0.351 e. The number of amides is 1. The first-order valence-electron chi connectivity index (χ1n) is 6.00. The number of nitrogens with one attached hydrogen (secondary N) is 2. The molecule has 0 bridgehead atoms. The molecule has 1 fully saturated rings. The maximum atomic E-state index is 12.2. The third-order valence-corrected chi connectivity index (χ3v) is 4.33. The van der Waals surface area contributed by atoms with E-state index in [1.54, 1.807) is 11.3 Å². The minimum atomic E-state index is -0.253. The van der Waals surface area contributed by atoms with Gasteiger partial charge in [0, 0.05) is 11.4 Å². The smallest absolute Gasteiger partial charge is 0.227 e. The number of piperidine rings is 1. The average Bonchev–Trinajstić information content (AvgIpc) is 2.73. The van der Waals surface area contributed by atoms with Gasteiger partial charge in [-0.1, -0.05) is 0 Å². The quantitative estimate of drug-likeness (QED) is 0.857. The number of thiazole rings is 1. The molecule has 5 heteroatoms. The molecule has 1 aromatic heterocycles. The van der Waals surface area contributed by atoms with Crippen molar-refractivity contribution in [2.75, 3.05) is 13.1 Å². The molecule has 0 saturated carbocycles. The monoisotopic (exact) mass is 253 g/mol. The Bertz CT molecular complexity index is 396. The lowest BCUT2D eigenvalue weighted by Crippen LogP contribution is -2.48. The molecule has 17 heavy (non-hydrogen) atoms. The number of rotatable bonds is 3. The number of hydrogen-bond acceptors (Lipinski definition) is 4. The van der Waals surface area contributed by atoms with Crippen molar-refractivity contribution >= 4 is 17.2 Å². The molecule has 0 radical (unpaired) electrons. The first-order valence-corrected chi connectivity index (χ1v) is 6.88. The molecule has 2 heterocycles. The Morgan fingerprint density at radius 3 is 3.12 bits per heavy atom. The molecule has 2 N–H and O–H groups in total. The maximum absolute atomic E-state index is 12.2. The van der Waals surface area contributed by atoms with Crippen molar-refractivity contribution in [3.05, 3.63) is 16.1 Å². The normalized spacial score (nSPS) is 24.6. The summed E-state index contributed by atoms with van der Waals surface area (Å²) in [5, 5.41) is 6.32. The summed E-state index contributed by atoms with van der Waals surface area (Å²) in [5.74, 6) is 0.150. The van der Waals surface area contributed by atoms with E-state index in [2.05, 4.69) is 15.6 Å². The molecule has 2 rings (SSSR count). The fraction of sp³-hybridized carbons (Fsp3) is 0.667. The fourth-order valence-corrected chi connectivity index (χ4v) is 2.84. The van der Waals surface area contributed by atoms with Crippen molar-refractivity contribution in [3.63, 3.8) is 0 Å². The summed E-state index contributed by atoms with van der Waals surface area (Å²) in [4.78, 5) is 17.5. The van der Waals surface area contributed by atoms with E-state index in [0.29, 0.717) is 6.54 Å². The molecule has 4 nitrogen and oxygen atoms in total. The highest BCUT2D eigenvalue weighted by atomic mass is 32.1. The number of aromatic nitrogens is 1. The molecule has 1 aromatic rings. The largest absolute Gasteiger partial charge is 0.351 e. The molecule has 0 aliphatic carbocycles. The van der Waals surface area contributed by atoms with Crippen molar-refractivity contribution in [2.24, 2.45) is 5.41 Å². The van der Waals surface area contributed by atoms with Crippen LogP contribution >= 0.6 is 11.3 Å². The third-order valence-electron chi connectivity index (χ3n) is 3.40. The lowest BCUT2D eigenvalue weighted by molar-refractivity contribution is -0.131. The summed E-state index contributed by atoms with van der Waals surface area (Å²) in [6, 6.07) is 0. The number of aryl methyl sites for hydroxylation is 1. The SMILES string of the molecule is Cc1ncsc1CNC(=O)C1(C)CCCNC1. The van der Waals surface area contributed by atoms with Crippen LogP contribution in [0.3, 0.4) is 0 Å². The Labute approximate surface area is 106 Å². The van der Waals surface area contributed by atoms with Crippen LogP contribution in [0.15, 0.2) is 5.51 Å². The van der Waals surface area contributed by atoms with Gasteiger partial charge in [-0.25, -0.2) is 4.98 Å². The van der Waals surface area contributed by atoms with Crippen molar-refractivity contribution in [1.29, 1.82) is 0 Å². The molecule has 1 aliphatic rings. The first-order chi connectivity index (χ1) is 8.12. The zero-order valence-electron chi connectivity index (χ0n) is 10.4. The summed E-state index contributed by atoms with van der Waals surface area (Å²) in [5.41, 5.74) is 2.58. The molecule has 1 aliphatic heterocycles. The van der Waals surface area contributed by atoms with E-state index in [0.717, 1.165) is 36.5 Å². The van der Waals surface area contributed by atoms with Crippen molar-refractivity contribution in [2.45, 2.75) is 33.2 Å². The lowest BCUT2D eigenvalue weighted by atomic mass is 9.82. The van der Waals surface area contributed by atoms with Gasteiger partial charge in [-0.2, -0.15) is 0 Å². The predicted molar refractivity (Wildman–Crippen MR) is 68.9 cm³/mol. The number of hydrogen-bond donors (Lipinski definition) is 2. The molecular formula is C12H19N3OS. The van der Waals surface area contributed by atoms with Crippen molar-refractivity contribution in [3.8, 4) is 0 Å². The van der Waals surface area contributed by atoms with Gasteiger partial charge >= 0.3 is 0 Å². The Morgan fingerprint density at radius 2 is 2.53 bits per heavy atom. The summed E-state index contributed by atoms with van der Waals surface area (Å²) in [6.07, 6.45) is 2.04. The van der Waals surface area contributed by atoms with Gasteiger partial charge in [-0.15, -0.1) is 11.3 Å². The molecule has 1 unspecified atom stereocenters. The van der Waals surface area contributed by atoms with Gasteiger partial charge < -0.3 is 10.6 Å². The third kappa shape index (κ3) is 2.84. The Balaban J connectivity index is 1.91. The average molecular weight is 253 g/mol. The van der Waals surface area contributed by atoms with Gasteiger partial charge in [-0.3, -0.25) is 4.79 Å². The number of carbonyl (C=O) groups excluding carboxylic acids is 1.